The van der Waals surface area contributed by atoms with Crippen LogP contribution in [0.15, 0.2) is 52.1 Å². The molecule has 0 bridgehead atoms. The SMILES string of the molecule is CCn1c(=O)n(-c2ccc(C)cc2C)c(=O)c2ccccc21. The molecule has 0 unspecified atom stereocenters. The van der Waals surface area contributed by atoms with Gasteiger partial charge in [0.15, 0.2) is 0 Å². The number of para-hydroxylation sites is 1. The maximum absolute atomic E-state index is 12.8. The van der Waals surface area contributed by atoms with E-state index < -0.39 is 0 Å². The van der Waals surface area contributed by atoms with Gasteiger partial charge in [0, 0.05) is 6.54 Å². The molecule has 0 aliphatic carbocycles. The Balaban J connectivity index is 2.50. The van der Waals surface area contributed by atoms with Gasteiger partial charge in [-0.15, -0.1) is 0 Å². The van der Waals surface area contributed by atoms with Crippen LogP contribution in [0, 0.1) is 13.8 Å². The maximum atomic E-state index is 12.8. The van der Waals surface area contributed by atoms with Gasteiger partial charge in [0.05, 0.1) is 16.6 Å². The normalized spacial score (nSPS) is 11.0. The van der Waals surface area contributed by atoms with Crippen LogP contribution in [0.5, 0.6) is 0 Å². The van der Waals surface area contributed by atoms with Crippen LogP contribution in [0.4, 0.5) is 0 Å². The Morgan fingerprint density at radius 2 is 1.73 bits per heavy atom. The van der Waals surface area contributed by atoms with Gasteiger partial charge in [-0.05, 0) is 44.5 Å². The van der Waals surface area contributed by atoms with E-state index >= 15 is 0 Å². The second-order valence-corrected chi connectivity index (χ2v) is 5.47. The second kappa shape index (κ2) is 5.30. The van der Waals surface area contributed by atoms with E-state index in [4.69, 9.17) is 0 Å². The minimum atomic E-state index is -0.293. The molecule has 0 saturated heterocycles. The standard InChI is InChI=1S/C18H18N2O2/c1-4-19-16-8-6-5-7-14(16)17(21)20(18(19)22)15-10-9-12(2)11-13(15)3/h5-11H,4H2,1-3H3. The van der Waals surface area contributed by atoms with Crippen LogP contribution in [0.3, 0.4) is 0 Å². The van der Waals surface area contributed by atoms with Gasteiger partial charge < -0.3 is 0 Å². The molecule has 112 valence electrons. The van der Waals surface area contributed by atoms with Crippen LogP contribution >= 0.6 is 0 Å². The van der Waals surface area contributed by atoms with E-state index in [9.17, 15) is 9.59 Å². The van der Waals surface area contributed by atoms with Crippen molar-refractivity contribution < 1.29 is 0 Å². The highest BCUT2D eigenvalue weighted by molar-refractivity contribution is 5.78. The predicted molar refractivity (Wildman–Crippen MR) is 89.0 cm³/mol. The summed E-state index contributed by atoms with van der Waals surface area (Å²) in [5, 5.41) is 0.559. The van der Waals surface area contributed by atoms with E-state index in [1.54, 1.807) is 10.6 Å². The summed E-state index contributed by atoms with van der Waals surface area (Å²) in [5.41, 5.74) is 2.79. The second-order valence-electron chi connectivity index (χ2n) is 5.47. The third-order valence-corrected chi connectivity index (χ3v) is 3.96. The number of rotatable bonds is 2. The van der Waals surface area contributed by atoms with Crippen molar-refractivity contribution in [1.29, 1.82) is 0 Å². The van der Waals surface area contributed by atoms with Gasteiger partial charge in [0.25, 0.3) is 5.56 Å². The fourth-order valence-electron chi connectivity index (χ4n) is 2.90. The Labute approximate surface area is 128 Å². The van der Waals surface area contributed by atoms with Crippen molar-refractivity contribution in [2.75, 3.05) is 0 Å². The van der Waals surface area contributed by atoms with Gasteiger partial charge in [-0.3, -0.25) is 9.36 Å². The number of aryl methyl sites for hydroxylation is 3. The molecule has 0 N–H and O–H groups in total. The summed E-state index contributed by atoms with van der Waals surface area (Å²) in [5.74, 6) is 0. The van der Waals surface area contributed by atoms with Crippen LogP contribution in [-0.2, 0) is 6.54 Å². The molecular formula is C18H18N2O2. The molecule has 0 spiro atoms. The first kappa shape index (κ1) is 14.3. The zero-order valence-corrected chi connectivity index (χ0v) is 13.0. The highest BCUT2D eigenvalue weighted by Gasteiger charge is 2.14. The molecule has 1 heterocycles. The zero-order chi connectivity index (χ0) is 15.9. The predicted octanol–water partition coefficient (Wildman–Crippen LogP) is 2.79. The van der Waals surface area contributed by atoms with Gasteiger partial charge in [0.1, 0.15) is 0 Å². The minimum Gasteiger partial charge on any atom is -0.293 e. The third kappa shape index (κ3) is 2.08. The smallest absolute Gasteiger partial charge is 0.293 e. The number of hydrogen-bond acceptors (Lipinski definition) is 2. The summed E-state index contributed by atoms with van der Waals surface area (Å²) in [4.78, 5) is 25.6. The van der Waals surface area contributed by atoms with E-state index in [2.05, 4.69) is 0 Å². The van der Waals surface area contributed by atoms with Crippen LogP contribution in [0.2, 0.25) is 0 Å². The van der Waals surface area contributed by atoms with E-state index in [1.165, 1.54) is 4.57 Å². The lowest BCUT2D eigenvalue weighted by molar-refractivity contribution is 0.690. The molecule has 3 rings (SSSR count). The molecule has 0 amide bonds. The van der Waals surface area contributed by atoms with Crippen LogP contribution < -0.4 is 11.2 Å². The van der Waals surface area contributed by atoms with Crippen molar-refractivity contribution in [2.45, 2.75) is 27.3 Å². The molecule has 2 aromatic carbocycles. The number of nitrogens with zero attached hydrogens (tertiary/aromatic N) is 2. The van der Waals surface area contributed by atoms with Crippen LogP contribution in [0.25, 0.3) is 16.6 Å². The highest BCUT2D eigenvalue weighted by atomic mass is 16.2. The summed E-state index contributed by atoms with van der Waals surface area (Å²) in [7, 11) is 0. The van der Waals surface area contributed by atoms with Crippen molar-refractivity contribution >= 4 is 10.9 Å². The summed E-state index contributed by atoms with van der Waals surface area (Å²) in [6.45, 7) is 6.33. The van der Waals surface area contributed by atoms with Crippen molar-refractivity contribution in [1.82, 2.24) is 9.13 Å². The minimum absolute atomic E-state index is 0.266. The molecule has 22 heavy (non-hydrogen) atoms. The quantitative estimate of drug-likeness (QED) is 0.729. The number of benzene rings is 2. The molecule has 3 aromatic rings. The van der Waals surface area contributed by atoms with Crippen LogP contribution in [0.1, 0.15) is 18.1 Å². The van der Waals surface area contributed by atoms with Gasteiger partial charge in [-0.2, -0.15) is 0 Å². The molecule has 0 saturated carbocycles. The molecule has 1 aromatic heterocycles. The van der Waals surface area contributed by atoms with Gasteiger partial charge in [-0.25, -0.2) is 9.36 Å². The topological polar surface area (TPSA) is 44.0 Å². The summed E-state index contributed by atoms with van der Waals surface area (Å²) >= 11 is 0. The van der Waals surface area contributed by atoms with E-state index in [0.29, 0.717) is 23.1 Å². The van der Waals surface area contributed by atoms with Gasteiger partial charge >= 0.3 is 5.69 Å². The van der Waals surface area contributed by atoms with Crippen molar-refractivity contribution in [3.05, 3.63) is 74.4 Å². The summed E-state index contributed by atoms with van der Waals surface area (Å²) in [6.07, 6.45) is 0. The largest absolute Gasteiger partial charge is 0.336 e. The van der Waals surface area contributed by atoms with Gasteiger partial charge in [0.2, 0.25) is 0 Å². The zero-order valence-electron chi connectivity index (χ0n) is 13.0. The lowest BCUT2D eigenvalue weighted by Gasteiger charge is -2.14. The maximum Gasteiger partial charge on any atom is 0.336 e. The number of hydrogen-bond donors (Lipinski definition) is 0. The van der Waals surface area contributed by atoms with E-state index in [-0.39, 0.29) is 11.2 Å². The highest BCUT2D eigenvalue weighted by Crippen LogP contribution is 2.14. The lowest BCUT2D eigenvalue weighted by Crippen LogP contribution is -2.39. The molecule has 0 aliphatic rings. The Morgan fingerprint density at radius 3 is 2.41 bits per heavy atom. The first-order valence-corrected chi connectivity index (χ1v) is 7.37. The summed E-state index contributed by atoms with van der Waals surface area (Å²) < 4.78 is 2.91. The van der Waals surface area contributed by atoms with Crippen molar-refractivity contribution in [3.8, 4) is 5.69 Å². The Bertz CT molecular complexity index is 981. The van der Waals surface area contributed by atoms with E-state index in [0.717, 1.165) is 11.1 Å². The molecule has 4 heteroatoms. The molecule has 0 fully saturated rings. The summed E-state index contributed by atoms with van der Waals surface area (Å²) in [6, 6.07) is 13.0. The number of aromatic nitrogens is 2. The first-order valence-electron chi connectivity index (χ1n) is 7.37. The molecule has 0 radical (unpaired) electrons. The fourth-order valence-corrected chi connectivity index (χ4v) is 2.90. The molecule has 0 aliphatic heterocycles. The Kier molecular flexibility index (Phi) is 3.45. The van der Waals surface area contributed by atoms with Gasteiger partial charge in [-0.1, -0.05) is 29.8 Å². The lowest BCUT2D eigenvalue weighted by atomic mass is 10.1. The first-order chi connectivity index (χ1) is 10.5. The number of fused-ring (bicyclic) bond motifs is 1. The van der Waals surface area contributed by atoms with Crippen LogP contribution in [-0.4, -0.2) is 9.13 Å². The third-order valence-electron chi connectivity index (χ3n) is 3.96. The molecule has 0 atom stereocenters. The molecular weight excluding hydrogens is 276 g/mol. The monoisotopic (exact) mass is 294 g/mol. The van der Waals surface area contributed by atoms with E-state index in [1.807, 2.05) is 57.2 Å². The van der Waals surface area contributed by atoms with Crippen molar-refractivity contribution in [3.63, 3.8) is 0 Å². The Hall–Kier alpha value is -2.62. The van der Waals surface area contributed by atoms with Crippen molar-refractivity contribution in [2.24, 2.45) is 0 Å². The Morgan fingerprint density at radius 1 is 1.00 bits per heavy atom. The average molecular weight is 294 g/mol. The average Bonchev–Trinajstić information content (AvgIpc) is 2.50. The fraction of sp³-hybridized carbons (Fsp3) is 0.222. The molecule has 4 nitrogen and oxygen atoms in total.